The molecule has 1 heterocycles. The van der Waals surface area contributed by atoms with Gasteiger partial charge in [-0.1, -0.05) is 31.4 Å². The van der Waals surface area contributed by atoms with E-state index in [1.54, 1.807) is 0 Å². The van der Waals surface area contributed by atoms with Gasteiger partial charge in [-0.25, -0.2) is 0 Å². The first-order valence-corrected chi connectivity index (χ1v) is 8.28. The number of hydrogen-bond acceptors (Lipinski definition) is 2. The zero-order chi connectivity index (χ0) is 13.8. The molecule has 1 aromatic carbocycles. The highest BCUT2D eigenvalue weighted by atomic mass is 16.5. The fourth-order valence-electron chi connectivity index (χ4n) is 3.87. The topological polar surface area (TPSA) is 21.3 Å². The minimum atomic E-state index is 0.694. The van der Waals surface area contributed by atoms with Crippen LogP contribution in [-0.4, -0.2) is 19.7 Å². The van der Waals surface area contributed by atoms with Crippen LogP contribution in [0.1, 0.15) is 49.7 Å². The average molecular weight is 273 g/mol. The second kappa shape index (κ2) is 6.62. The Morgan fingerprint density at radius 3 is 2.90 bits per heavy atom. The SMILES string of the molecule is CNC(CCc1ccc2c(c1)CCO2)C1CCCCC1. The van der Waals surface area contributed by atoms with Crippen LogP contribution in [0.15, 0.2) is 18.2 Å². The molecule has 2 aliphatic rings. The van der Waals surface area contributed by atoms with Crippen LogP contribution in [0.25, 0.3) is 0 Å². The van der Waals surface area contributed by atoms with E-state index in [4.69, 9.17) is 4.74 Å². The Labute approximate surface area is 122 Å². The molecule has 0 radical (unpaired) electrons. The van der Waals surface area contributed by atoms with Crippen LogP contribution in [0, 0.1) is 5.92 Å². The van der Waals surface area contributed by atoms with Crippen molar-refractivity contribution in [3.63, 3.8) is 0 Å². The summed E-state index contributed by atoms with van der Waals surface area (Å²) >= 11 is 0. The van der Waals surface area contributed by atoms with E-state index in [0.29, 0.717) is 6.04 Å². The number of nitrogens with one attached hydrogen (secondary N) is 1. The molecular weight excluding hydrogens is 246 g/mol. The van der Waals surface area contributed by atoms with Crippen molar-refractivity contribution in [3.8, 4) is 5.75 Å². The molecule has 1 atom stereocenters. The van der Waals surface area contributed by atoms with Crippen molar-refractivity contribution >= 4 is 0 Å². The van der Waals surface area contributed by atoms with Crippen molar-refractivity contribution in [3.05, 3.63) is 29.3 Å². The van der Waals surface area contributed by atoms with Crippen molar-refractivity contribution in [1.29, 1.82) is 0 Å². The highest BCUT2D eigenvalue weighted by molar-refractivity contribution is 5.39. The van der Waals surface area contributed by atoms with Crippen LogP contribution in [0.2, 0.25) is 0 Å². The lowest BCUT2D eigenvalue weighted by atomic mass is 9.82. The molecule has 0 aromatic heterocycles. The molecule has 110 valence electrons. The van der Waals surface area contributed by atoms with Gasteiger partial charge in [-0.15, -0.1) is 0 Å². The maximum Gasteiger partial charge on any atom is 0.122 e. The highest BCUT2D eigenvalue weighted by Gasteiger charge is 2.22. The highest BCUT2D eigenvalue weighted by Crippen LogP contribution is 2.29. The predicted octanol–water partition coefficient (Wildman–Crippen LogP) is 3.72. The van der Waals surface area contributed by atoms with Gasteiger partial charge in [0, 0.05) is 12.5 Å². The molecule has 1 aliphatic heterocycles. The van der Waals surface area contributed by atoms with E-state index in [0.717, 1.165) is 24.7 Å². The molecule has 0 bridgehead atoms. The van der Waals surface area contributed by atoms with Crippen molar-refractivity contribution in [2.45, 2.75) is 57.4 Å². The van der Waals surface area contributed by atoms with E-state index in [9.17, 15) is 0 Å². The second-order valence-corrected chi connectivity index (χ2v) is 6.37. The molecule has 0 spiro atoms. The normalized spacial score (nSPS) is 20.4. The van der Waals surface area contributed by atoms with E-state index in [2.05, 4.69) is 30.6 Å². The number of ether oxygens (including phenoxy) is 1. The molecule has 0 amide bonds. The quantitative estimate of drug-likeness (QED) is 0.883. The van der Waals surface area contributed by atoms with Gasteiger partial charge in [0.1, 0.15) is 5.75 Å². The minimum absolute atomic E-state index is 0.694. The Morgan fingerprint density at radius 2 is 2.10 bits per heavy atom. The van der Waals surface area contributed by atoms with Crippen LogP contribution < -0.4 is 10.1 Å². The Morgan fingerprint density at radius 1 is 1.25 bits per heavy atom. The minimum Gasteiger partial charge on any atom is -0.493 e. The molecule has 1 fully saturated rings. The average Bonchev–Trinajstić information content (AvgIpc) is 2.96. The van der Waals surface area contributed by atoms with Gasteiger partial charge >= 0.3 is 0 Å². The van der Waals surface area contributed by atoms with E-state index >= 15 is 0 Å². The Balaban J connectivity index is 1.57. The molecule has 1 aromatic rings. The summed E-state index contributed by atoms with van der Waals surface area (Å²) in [5.74, 6) is 2.00. The summed E-state index contributed by atoms with van der Waals surface area (Å²) in [6.07, 6.45) is 10.7. The number of fused-ring (bicyclic) bond motifs is 1. The predicted molar refractivity (Wildman–Crippen MR) is 83.4 cm³/mol. The fourth-order valence-corrected chi connectivity index (χ4v) is 3.87. The summed E-state index contributed by atoms with van der Waals surface area (Å²) in [6.45, 7) is 0.861. The smallest absolute Gasteiger partial charge is 0.122 e. The van der Waals surface area contributed by atoms with Crippen molar-refractivity contribution in [2.75, 3.05) is 13.7 Å². The van der Waals surface area contributed by atoms with Crippen LogP contribution in [0.3, 0.4) is 0 Å². The molecular formula is C18H27NO. The molecule has 2 nitrogen and oxygen atoms in total. The lowest BCUT2D eigenvalue weighted by Crippen LogP contribution is -2.35. The van der Waals surface area contributed by atoms with Crippen LogP contribution in [-0.2, 0) is 12.8 Å². The molecule has 1 N–H and O–H groups in total. The number of hydrogen-bond donors (Lipinski definition) is 1. The van der Waals surface area contributed by atoms with Crippen molar-refractivity contribution in [1.82, 2.24) is 5.32 Å². The first kappa shape index (κ1) is 13.9. The summed E-state index contributed by atoms with van der Waals surface area (Å²) in [5, 5.41) is 3.57. The van der Waals surface area contributed by atoms with E-state index in [-0.39, 0.29) is 0 Å². The largest absolute Gasteiger partial charge is 0.493 e. The van der Waals surface area contributed by atoms with Crippen molar-refractivity contribution in [2.24, 2.45) is 5.92 Å². The summed E-state index contributed by atoms with van der Waals surface area (Å²) in [6, 6.07) is 7.46. The molecule has 1 aliphatic carbocycles. The Hall–Kier alpha value is -1.02. The molecule has 3 rings (SSSR count). The molecule has 1 saturated carbocycles. The van der Waals surface area contributed by atoms with Crippen LogP contribution >= 0.6 is 0 Å². The van der Waals surface area contributed by atoms with Gasteiger partial charge in [0.2, 0.25) is 0 Å². The first-order chi connectivity index (χ1) is 9.86. The zero-order valence-electron chi connectivity index (χ0n) is 12.7. The van der Waals surface area contributed by atoms with Gasteiger partial charge in [0.05, 0.1) is 6.61 Å². The Kier molecular flexibility index (Phi) is 4.62. The second-order valence-electron chi connectivity index (χ2n) is 6.37. The van der Waals surface area contributed by atoms with Crippen LogP contribution in [0.5, 0.6) is 5.75 Å². The van der Waals surface area contributed by atoms with Crippen LogP contribution in [0.4, 0.5) is 0 Å². The lowest BCUT2D eigenvalue weighted by Gasteiger charge is -2.30. The Bertz CT molecular complexity index is 437. The number of rotatable bonds is 5. The van der Waals surface area contributed by atoms with E-state index < -0.39 is 0 Å². The van der Waals surface area contributed by atoms with Gasteiger partial charge < -0.3 is 10.1 Å². The molecule has 1 unspecified atom stereocenters. The third kappa shape index (κ3) is 3.17. The number of aryl methyl sites for hydroxylation is 1. The van der Waals surface area contributed by atoms with Crippen molar-refractivity contribution < 1.29 is 4.74 Å². The molecule has 0 saturated heterocycles. The maximum atomic E-state index is 5.58. The fraction of sp³-hybridized carbons (Fsp3) is 0.667. The van der Waals surface area contributed by atoms with E-state index in [1.807, 2.05) is 0 Å². The van der Waals surface area contributed by atoms with Gasteiger partial charge in [0.25, 0.3) is 0 Å². The summed E-state index contributed by atoms with van der Waals surface area (Å²) < 4.78 is 5.58. The van der Waals surface area contributed by atoms with Gasteiger partial charge in [-0.05, 0) is 55.8 Å². The third-order valence-corrected chi connectivity index (χ3v) is 5.09. The number of benzene rings is 1. The summed E-state index contributed by atoms with van der Waals surface area (Å²) in [5.41, 5.74) is 2.88. The summed E-state index contributed by atoms with van der Waals surface area (Å²) in [4.78, 5) is 0. The van der Waals surface area contributed by atoms with E-state index in [1.165, 1.54) is 56.1 Å². The standard InChI is InChI=1S/C18H27NO/c1-19-17(15-5-3-2-4-6-15)9-7-14-8-10-18-16(13-14)11-12-20-18/h8,10,13,15,17,19H,2-7,9,11-12H2,1H3. The molecule has 2 heteroatoms. The summed E-state index contributed by atoms with van der Waals surface area (Å²) in [7, 11) is 2.13. The van der Waals surface area contributed by atoms with Gasteiger partial charge in [-0.3, -0.25) is 0 Å². The lowest BCUT2D eigenvalue weighted by molar-refractivity contribution is 0.268. The monoisotopic (exact) mass is 273 g/mol. The third-order valence-electron chi connectivity index (χ3n) is 5.09. The molecule has 20 heavy (non-hydrogen) atoms. The first-order valence-electron chi connectivity index (χ1n) is 8.28. The maximum absolute atomic E-state index is 5.58. The zero-order valence-corrected chi connectivity index (χ0v) is 12.7. The van der Waals surface area contributed by atoms with Gasteiger partial charge in [0.15, 0.2) is 0 Å². The van der Waals surface area contributed by atoms with Gasteiger partial charge in [-0.2, -0.15) is 0 Å².